The molecule has 1 aliphatic heterocycles. The van der Waals surface area contributed by atoms with Gasteiger partial charge in [0.25, 0.3) is 0 Å². The molecule has 0 N–H and O–H groups in total. The minimum absolute atomic E-state index is 0.0797. The quantitative estimate of drug-likeness (QED) is 0.749. The molecule has 0 unspecified atom stereocenters. The average molecular weight is 360 g/mol. The monoisotopic (exact) mass is 360 g/mol. The number of nitrogens with zero attached hydrogens (tertiary/aromatic N) is 2. The van der Waals surface area contributed by atoms with Gasteiger partial charge >= 0.3 is 0 Å². The van der Waals surface area contributed by atoms with Gasteiger partial charge in [0.2, 0.25) is 11.8 Å². The number of carbonyl (C=O) groups is 2. The van der Waals surface area contributed by atoms with Crippen LogP contribution in [0.4, 0.5) is 0 Å². The number of benzene rings is 1. The van der Waals surface area contributed by atoms with E-state index in [1.807, 2.05) is 41.8 Å². The Morgan fingerprint density at radius 2 is 2.00 bits per heavy atom. The van der Waals surface area contributed by atoms with Crippen molar-refractivity contribution in [2.45, 2.75) is 51.7 Å². The van der Waals surface area contributed by atoms with Gasteiger partial charge in [-0.05, 0) is 38.8 Å². The summed E-state index contributed by atoms with van der Waals surface area (Å²) in [4.78, 5) is 29.1. The van der Waals surface area contributed by atoms with Crippen molar-refractivity contribution in [2.75, 3.05) is 20.8 Å². The molecule has 1 atom stereocenters. The standard InChI is InChI=1S/C20H28N2O4/c1-13(2)21-12-15(9-19(21)23)20(24)22(16-6-7-16)11-14-5-8-17(25-3)10-18(14)26-4/h5,8,10,13,15-16H,6-7,9,11-12H2,1-4H3/t15-/m1/s1. The lowest BCUT2D eigenvalue weighted by Crippen LogP contribution is -2.39. The third-order valence-corrected chi connectivity index (χ3v) is 5.24. The van der Waals surface area contributed by atoms with Crippen LogP contribution in [-0.4, -0.2) is 54.5 Å². The van der Waals surface area contributed by atoms with Crippen LogP contribution in [0.5, 0.6) is 11.5 Å². The fraction of sp³-hybridized carbons (Fsp3) is 0.600. The summed E-state index contributed by atoms with van der Waals surface area (Å²) in [6.45, 7) is 5.01. The molecule has 2 fully saturated rings. The summed E-state index contributed by atoms with van der Waals surface area (Å²) in [5, 5.41) is 0. The second-order valence-corrected chi connectivity index (χ2v) is 7.42. The van der Waals surface area contributed by atoms with Crippen LogP contribution in [0.25, 0.3) is 0 Å². The molecule has 26 heavy (non-hydrogen) atoms. The summed E-state index contributed by atoms with van der Waals surface area (Å²) >= 11 is 0. The van der Waals surface area contributed by atoms with Gasteiger partial charge in [0.15, 0.2) is 0 Å². The Labute approximate surface area is 155 Å². The average Bonchev–Trinajstić information content (AvgIpc) is 3.39. The number of hydrogen-bond acceptors (Lipinski definition) is 4. The molecule has 1 saturated carbocycles. The lowest BCUT2D eigenvalue weighted by molar-refractivity contribution is -0.137. The van der Waals surface area contributed by atoms with Crippen LogP contribution in [0.3, 0.4) is 0 Å². The summed E-state index contributed by atoms with van der Waals surface area (Å²) in [5.41, 5.74) is 0.957. The molecule has 6 nitrogen and oxygen atoms in total. The highest BCUT2D eigenvalue weighted by molar-refractivity contribution is 5.89. The van der Waals surface area contributed by atoms with Crippen molar-refractivity contribution in [1.29, 1.82) is 0 Å². The molecule has 1 aromatic carbocycles. The normalized spacial score (nSPS) is 19.8. The van der Waals surface area contributed by atoms with Crippen molar-refractivity contribution >= 4 is 11.8 Å². The summed E-state index contributed by atoms with van der Waals surface area (Å²) in [5.74, 6) is 1.37. The van der Waals surface area contributed by atoms with E-state index in [1.165, 1.54) is 0 Å². The Balaban J connectivity index is 1.76. The van der Waals surface area contributed by atoms with Crippen molar-refractivity contribution < 1.29 is 19.1 Å². The number of amides is 2. The number of hydrogen-bond donors (Lipinski definition) is 0. The van der Waals surface area contributed by atoms with Crippen LogP contribution in [0.15, 0.2) is 18.2 Å². The van der Waals surface area contributed by atoms with Crippen LogP contribution < -0.4 is 9.47 Å². The van der Waals surface area contributed by atoms with Gasteiger partial charge in [-0.1, -0.05) is 0 Å². The van der Waals surface area contributed by atoms with Gasteiger partial charge in [-0.25, -0.2) is 0 Å². The first kappa shape index (κ1) is 18.5. The van der Waals surface area contributed by atoms with Crippen molar-refractivity contribution in [1.82, 2.24) is 9.80 Å². The largest absolute Gasteiger partial charge is 0.497 e. The van der Waals surface area contributed by atoms with Gasteiger partial charge in [-0.15, -0.1) is 0 Å². The zero-order valence-corrected chi connectivity index (χ0v) is 16.0. The number of rotatable bonds is 7. The highest BCUT2D eigenvalue weighted by atomic mass is 16.5. The third-order valence-electron chi connectivity index (χ3n) is 5.24. The number of carbonyl (C=O) groups excluding carboxylic acids is 2. The Hall–Kier alpha value is -2.24. The van der Waals surface area contributed by atoms with Crippen molar-refractivity contribution in [3.63, 3.8) is 0 Å². The SMILES string of the molecule is COc1ccc(CN(C(=O)[C@@H]2CC(=O)N(C(C)C)C2)C2CC2)c(OC)c1. The highest BCUT2D eigenvalue weighted by Crippen LogP contribution is 2.34. The van der Waals surface area contributed by atoms with Crippen LogP contribution in [0.2, 0.25) is 0 Å². The van der Waals surface area contributed by atoms with E-state index in [9.17, 15) is 9.59 Å². The van der Waals surface area contributed by atoms with Crippen LogP contribution in [0.1, 0.15) is 38.7 Å². The van der Waals surface area contributed by atoms with Gasteiger partial charge < -0.3 is 19.3 Å². The smallest absolute Gasteiger partial charge is 0.228 e. The molecule has 142 valence electrons. The fourth-order valence-electron chi connectivity index (χ4n) is 3.57. The molecule has 1 aromatic rings. The zero-order chi connectivity index (χ0) is 18.8. The molecule has 2 aliphatic rings. The van der Waals surface area contributed by atoms with Gasteiger partial charge in [-0.3, -0.25) is 9.59 Å². The first-order valence-corrected chi connectivity index (χ1v) is 9.25. The minimum atomic E-state index is -0.241. The first-order chi connectivity index (χ1) is 12.4. The molecule has 0 bridgehead atoms. The second-order valence-electron chi connectivity index (χ2n) is 7.42. The van der Waals surface area contributed by atoms with E-state index in [1.54, 1.807) is 14.2 Å². The third kappa shape index (κ3) is 3.79. The van der Waals surface area contributed by atoms with Gasteiger partial charge in [0.1, 0.15) is 11.5 Å². The van der Waals surface area contributed by atoms with E-state index in [0.717, 1.165) is 24.2 Å². The number of methoxy groups -OCH3 is 2. The molecule has 0 spiro atoms. The Kier molecular flexibility index (Phi) is 5.39. The van der Waals surface area contributed by atoms with Crippen molar-refractivity contribution in [2.24, 2.45) is 5.92 Å². The molecular formula is C20H28N2O4. The van der Waals surface area contributed by atoms with E-state index in [4.69, 9.17) is 9.47 Å². The Morgan fingerprint density at radius 3 is 2.54 bits per heavy atom. The molecule has 1 saturated heterocycles. The second kappa shape index (κ2) is 7.56. The van der Waals surface area contributed by atoms with E-state index in [2.05, 4.69) is 0 Å². The van der Waals surface area contributed by atoms with E-state index in [0.29, 0.717) is 25.3 Å². The minimum Gasteiger partial charge on any atom is -0.497 e. The van der Waals surface area contributed by atoms with Crippen LogP contribution >= 0.6 is 0 Å². The van der Waals surface area contributed by atoms with Crippen LogP contribution in [-0.2, 0) is 16.1 Å². The van der Waals surface area contributed by atoms with E-state index >= 15 is 0 Å². The van der Waals surface area contributed by atoms with Gasteiger partial charge in [0, 0.05) is 43.2 Å². The van der Waals surface area contributed by atoms with E-state index < -0.39 is 0 Å². The lowest BCUT2D eigenvalue weighted by atomic mass is 10.1. The Morgan fingerprint density at radius 1 is 1.27 bits per heavy atom. The lowest BCUT2D eigenvalue weighted by Gasteiger charge is -2.27. The maximum Gasteiger partial charge on any atom is 0.228 e. The summed E-state index contributed by atoms with van der Waals surface area (Å²) < 4.78 is 10.7. The topological polar surface area (TPSA) is 59.1 Å². The summed E-state index contributed by atoms with van der Waals surface area (Å²) in [6, 6.07) is 6.08. The van der Waals surface area contributed by atoms with Crippen molar-refractivity contribution in [3.8, 4) is 11.5 Å². The van der Waals surface area contributed by atoms with E-state index in [-0.39, 0.29) is 29.8 Å². The number of ether oxygens (including phenoxy) is 2. The molecule has 3 rings (SSSR count). The Bertz CT molecular complexity index is 684. The predicted molar refractivity (Wildman–Crippen MR) is 98.1 cm³/mol. The summed E-state index contributed by atoms with van der Waals surface area (Å²) in [7, 11) is 3.24. The first-order valence-electron chi connectivity index (χ1n) is 9.25. The molecule has 2 amide bonds. The van der Waals surface area contributed by atoms with Crippen molar-refractivity contribution in [3.05, 3.63) is 23.8 Å². The molecule has 1 aliphatic carbocycles. The van der Waals surface area contributed by atoms with Gasteiger partial charge in [0.05, 0.1) is 20.1 Å². The fourth-order valence-corrected chi connectivity index (χ4v) is 3.57. The zero-order valence-electron chi connectivity index (χ0n) is 16.0. The van der Waals surface area contributed by atoms with Gasteiger partial charge in [-0.2, -0.15) is 0 Å². The molecule has 6 heteroatoms. The maximum absolute atomic E-state index is 13.1. The molecule has 0 radical (unpaired) electrons. The molecule has 1 heterocycles. The summed E-state index contributed by atoms with van der Waals surface area (Å²) in [6.07, 6.45) is 2.37. The number of likely N-dealkylation sites (tertiary alicyclic amines) is 1. The molecule has 0 aromatic heterocycles. The predicted octanol–water partition coefficient (Wildman–Crippen LogP) is 2.45. The maximum atomic E-state index is 13.1. The molecular weight excluding hydrogens is 332 g/mol. The highest BCUT2D eigenvalue weighted by Gasteiger charge is 2.41. The van der Waals surface area contributed by atoms with Crippen LogP contribution in [0, 0.1) is 5.92 Å².